The van der Waals surface area contributed by atoms with Crippen molar-refractivity contribution in [3.05, 3.63) is 67.3 Å². The van der Waals surface area contributed by atoms with Crippen LogP contribution in [0.25, 0.3) is 10.2 Å². The monoisotopic (exact) mass is 452 g/mol. The van der Waals surface area contributed by atoms with Gasteiger partial charge in [0.15, 0.2) is 10.9 Å². The number of carbonyl (C=O) groups excluding carboxylic acids is 1. The molecule has 1 aliphatic rings. The van der Waals surface area contributed by atoms with Crippen LogP contribution >= 0.6 is 23.1 Å². The second-order valence-corrected chi connectivity index (χ2v) is 10.6. The van der Waals surface area contributed by atoms with Crippen molar-refractivity contribution in [3.63, 3.8) is 0 Å². The fraction of sp³-hybridized carbons (Fsp3) is 0.400. The van der Waals surface area contributed by atoms with Crippen molar-refractivity contribution in [2.45, 2.75) is 65.1 Å². The molecule has 0 saturated carbocycles. The van der Waals surface area contributed by atoms with E-state index in [0.29, 0.717) is 11.7 Å². The number of aryl methyl sites for hydroxylation is 5. The number of rotatable bonds is 6. The zero-order valence-corrected chi connectivity index (χ0v) is 20.3. The Morgan fingerprint density at radius 1 is 1.19 bits per heavy atom. The Kier molecular flexibility index (Phi) is 6.22. The van der Waals surface area contributed by atoms with Gasteiger partial charge in [-0.2, -0.15) is 0 Å². The minimum absolute atomic E-state index is 0.00467. The molecule has 3 aromatic rings. The number of benzene rings is 1. The number of Topliss-reactive ketones (excluding diaryl/α,β-unsaturated/α-hetero) is 1. The largest absolute Gasteiger partial charge is 0.293 e. The molecule has 0 bridgehead atoms. The molecule has 1 aromatic carbocycles. The summed E-state index contributed by atoms with van der Waals surface area (Å²) in [6, 6.07) is 4.09. The first-order valence-electron chi connectivity index (χ1n) is 10.7. The summed E-state index contributed by atoms with van der Waals surface area (Å²) >= 11 is 3.00. The third-order valence-corrected chi connectivity index (χ3v) is 7.92. The Balaban J connectivity index is 1.72. The lowest BCUT2D eigenvalue weighted by molar-refractivity contribution is 0.102. The second-order valence-electron chi connectivity index (χ2n) is 8.62. The number of thiophene rings is 1. The van der Waals surface area contributed by atoms with Crippen molar-refractivity contribution in [1.29, 1.82) is 0 Å². The molecule has 6 heteroatoms. The van der Waals surface area contributed by atoms with Crippen LogP contribution in [0.3, 0.4) is 0 Å². The molecule has 162 valence electrons. The average Bonchev–Trinajstić information content (AvgIpc) is 3.06. The van der Waals surface area contributed by atoms with Gasteiger partial charge in [-0.15, -0.1) is 11.3 Å². The van der Waals surface area contributed by atoms with Gasteiger partial charge in [-0.25, -0.2) is 4.98 Å². The molecule has 0 radical (unpaired) electrons. The van der Waals surface area contributed by atoms with E-state index in [0.717, 1.165) is 57.3 Å². The number of hydrogen-bond donors (Lipinski definition) is 0. The van der Waals surface area contributed by atoms with Gasteiger partial charge in [0.25, 0.3) is 5.56 Å². The second kappa shape index (κ2) is 8.75. The van der Waals surface area contributed by atoms with Gasteiger partial charge in [0, 0.05) is 17.0 Å². The maximum Gasteiger partial charge on any atom is 0.263 e. The number of thioether (sulfide) groups is 1. The number of allylic oxidation sites excluding steroid dienone is 1. The fourth-order valence-corrected chi connectivity index (χ4v) is 6.73. The van der Waals surface area contributed by atoms with Crippen molar-refractivity contribution in [2.75, 3.05) is 5.75 Å². The van der Waals surface area contributed by atoms with Gasteiger partial charge < -0.3 is 0 Å². The molecule has 4 rings (SSSR count). The van der Waals surface area contributed by atoms with E-state index < -0.39 is 0 Å². The van der Waals surface area contributed by atoms with Crippen molar-refractivity contribution in [3.8, 4) is 0 Å². The standard InChI is InChI=1S/C25H28N2O2S2/c1-14(2)12-27-24(29)22-18-8-6-7-9-20(18)31-23(22)26-25(27)30-13-19(28)21-16(4)10-15(3)11-17(21)5/h10-11H,1,6-9,12-13H2,2-5H3. The molecule has 0 aliphatic heterocycles. The van der Waals surface area contributed by atoms with Crippen LogP contribution < -0.4 is 5.56 Å². The van der Waals surface area contributed by atoms with Gasteiger partial charge in [-0.05, 0) is 70.1 Å². The van der Waals surface area contributed by atoms with Gasteiger partial charge in [0.2, 0.25) is 0 Å². The molecule has 2 aromatic heterocycles. The Morgan fingerprint density at radius 2 is 1.87 bits per heavy atom. The van der Waals surface area contributed by atoms with E-state index in [1.54, 1.807) is 15.9 Å². The summed E-state index contributed by atoms with van der Waals surface area (Å²) in [6.45, 7) is 12.3. The molecule has 2 heterocycles. The summed E-state index contributed by atoms with van der Waals surface area (Å²) in [4.78, 5) is 33.5. The molecule has 1 aliphatic carbocycles. The Bertz CT molecular complexity index is 1240. The molecule has 31 heavy (non-hydrogen) atoms. The summed E-state index contributed by atoms with van der Waals surface area (Å²) in [5.74, 6) is 0.325. The quantitative estimate of drug-likeness (QED) is 0.205. The predicted octanol–water partition coefficient (Wildman–Crippen LogP) is 5.81. The minimum atomic E-state index is 0.00467. The predicted molar refractivity (Wildman–Crippen MR) is 131 cm³/mol. The van der Waals surface area contributed by atoms with Gasteiger partial charge in [0.05, 0.1) is 11.1 Å². The van der Waals surface area contributed by atoms with Crippen LogP contribution in [-0.4, -0.2) is 21.1 Å². The van der Waals surface area contributed by atoms with Crippen LogP contribution in [-0.2, 0) is 19.4 Å². The van der Waals surface area contributed by atoms with E-state index in [1.165, 1.54) is 28.6 Å². The first kappa shape index (κ1) is 22.0. The molecule has 0 saturated heterocycles. The molecule has 0 spiro atoms. The van der Waals surface area contributed by atoms with Crippen LogP contribution in [0.5, 0.6) is 0 Å². The Morgan fingerprint density at radius 3 is 2.55 bits per heavy atom. The Labute approximate surface area is 191 Å². The first-order chi connectivity index (χ1) is 14.8. The van der Waals surface area contributed by atoms with E-state index in [9.17, 15) is 9.59 Å². The molecular formula is C25H28N2O2S2. The third-order valence-electron chi connectivity index (χ3n) is 5.76. The molecule has 0 atom stereocenters. The highest BCUT2D eigenvalue weighted by Gasteiger charge is 2.23. The van der Waals surface area contributed by atoms with E-state index in [1.807, 2.05) is 39.8 Å². The summed E-state index contributed by atoms with van der Waals surface area (Å²) in [6.07, 6.45) is 4.28. The lowest BCUT2D eigenvalue weighted by atomic mass is 9.97. The van der Waals surface area contributed by atoms with Crippen LogP contribution in [0.15, 0.2) is 34.2 Å². The summed E-state index contributed by atoms with van der Waals surface area (Å²) in [5.41, 5.74) is 6.02. The van der Waals surface area contributed by atoms with Crippen LogP contribution in [0.4, 0.5) is 0 Å². The summed E-state index contributed by atoms with van der Waals surface area (Å²) in [7, 11) is 0. The summed E-state index contributed by atoms with van der Waals surface area (Å²) in [5, 5.41) is 1.39. The highest BCUT2D eigenvalue weighted by Crippen LogP contribution is 2.35. The van der Waals surface area contributed by atoms with Crippen molar-refractivity contribution < 1.29 is 4.79 Å². The maximum atomic E-state index is 13.5. The zero-order valence-electron chi connectivity index (χ0n) is 18.6. The molecule has 0 unspecified atom stereocenters. The van der Waals surface area contributed by atoms with Crippen molar-refractivity contribution >= 4 is 39.1 Å². The van der Waals surface area contributed by atoms with E-state index in [4.69, 9.17) is 4.98 Å². The minimum Gasteiger partial charge on any atom is -0.293 e. The maximum absolute atomic E-state index is 13.5. The molecule has 0 fully saturated rings. The number of hydrogen-bond acceptors (Lipinski definition) is 5. The number of aromatic nitrogens is 2. The first-order valence-corrected chi connectivity index (χ1v) is 12.5. The van der Waals surface area contributed by atoms with Crippen molar-refractivity contribution in [2.24, 2.45) is 0 Å². The van der Waals surface area contributed by atoms with E-state index in [-0.39, 0.29) is 17.1 Å². The smallest absolute Gasteiger partial charge is 0.263 e. The topological polar surface area (TPSA) is 52.0 Å². The van der Waals surface area contributed by atoms with Crippen LogP contribution in [0.1, 0.15) is 57.3 Å². The van der Waals surface area contributed by atoms with Crippen LogP contribution in [0, 0.1) is 20.8 Å². The van der Waals surface area contributed by atoms with E-state index >= 15 is 0 Å². The van der Waals surface area contributed by atoms with Gasteiger partial charge in [0.1, 0.15) is 4.83 Å². The normalized spacial score (nSPS) is 13.4. The lowest BCUT2D eigenvalue weighted by Crippen LogP contribution is -2.24. The number of carbonyl (C=O) groups is 1. The Hall–Kier alpha value is -2.18. The number of fused-ring (bicyclic) bond motifs is 3. The molecule has 0 N–H and O–H groups in total. The van der Waals surface area contributed by atoms with Crippen LogP contribution in [0.2, 0.25) is 0 Å². The SMILES string of the molecule is C=C(C)Cn1c(SCC(=O)c2c(C)cc(C)cc2C)nc2sc3c(c2c1=O)CCCC3. The molecular weight excluding hydrogens is 424 g/mol. The molecule has 0 amide bonds. The highest BCUT2D eigenvalue weighted by molar-refractivity contribution is 7.99. The van der Waals surface area contributed by atoms with Crippen molar-refractivity contribution in [1.82, 2.24) is 9.55 Å². The highest BCUT2D eigenvalue weighted by atomic mass is 32.2. The van der Waals surface area contributed by atoms with Gasteiger partial charge >= 0.3 is 0 Å². The molecule has 4 nitrogen and oxygen atoms in total. The fourth-order valence-electron chi connectivity index (χ4n) is 4.56. The lowest BCUT2D eigenvalue weighted by Gasteiger charge is -2.14. The van der Waals surface area contributed by atoms with E-state index in [2.05, 4.69) is 6.58 Å². The number of nitrogens with zero attached hydrogens (tertiary/aromatic N) is 2. The van der Waals surface area contributed by atoms with Gasteiger partial charge in [-0.1, -0.05) is 41.6 Å². The number of ketones is 1. The average molecular weight is 453 g/mol. The zero-order chi connectivity index (χ0) is 22.3. The summed E-state index contributed by atoms with van der Waals surface area (Å²) < 4.78 is 1.71. The van der Waals surface area contributed by atoms with Gasteiger partial charge in [-0.3, -0.25) is 14.2 Å². The third kappa shape index (κ3) is 4.28.